The summed E-state index contributed by atoms with van der Waals surface area (Å²) in [6.45, 7) is 2.39. The first-order valence-corrected chi connectivity index (χ1v) is 7.28. The van der Waals surface area contributed by atoms with Crippen LogP contribution in [0.25, 0.3) is 0 Å². The van der Waals surface area contributed by atoms with Gasteiger partial charge in [-0.1, -0.05) is 28.1 Å². The summed E-state index contributed by atoms with van der Waals surface area (Å²) < 4.78 is 6.86. The maximum Gasteiger partial charge on any atom is 0.123 e. The molecule has 0 bridgehead atoms. The summed E-state index contributed by atoms with van der Waals surface area (Å²) >= 11 is 3.46. The summed E-state index contributed by atoms with van der Waals surface area (Å²) in [6, 6.07) is 13.1. The van der Waals surface area contributed by atoms with Gasteiger partial charge >= 0.3 is 0 Å². The Kier molecular flexibility index (Phi) is 5.04. The van der Waals surface area contributed by atoms with Gasteiger partial charge in [0, 0.05) is 10.5 Å². The normalized spacial score (nSPS) is 12.2. The van der Waals surface area contributed by atoms with E-state index in [4.69, 9.17) is 10.5 Å². The molecule has 0 aromatic heterocycles. The quantitative estimate of drug-likeness (QED) is 0.877. The average Bonchev–Trinajstić information content (AvgIpc) is 2.37. The fourth-order valence-electron chi connectivity index (χ4n) is 2.00. The van der Waals surface area contributed by atoms with Gasteiger partial charge < -0.3 is 15.6 Å². The zero-order chi connectivity index (χ0) is 14.5. The van der Waals surface area contributed by atoms with E-state index in [0.29, 0.717) is 6.61 Å². The van der Waals surface area contributed by atoms with E-state index in [2.05, 4.69) is 15.9 Å². The standard InChI is InChI=1S/C16H18BrNO2/c1-11(18)7-13-9-14(17)5-6-16(13)20-10-12-3-2-4-15(19)8-12/h2-6,8-9,11,19H,7,10,18H2,1H3. The summed E-state index contributed by atoms with van der Waals surface area (Å²) in [5.41, 5.74) is 7.88. The van der Waals surface area contributed by atoms with Gasteiger partial charge in [0.15, 0.2) is 0 Å². The van der Waals surface area contributed by atoms with Gasteiger partial charge in [0.25, 0.3) is 0 Å². The van der Waals surface area contributed by atoms with Crippen LogP contribution in [0.1, 0.15) is 18.1 Å². The largest absolute Gasteiger partial charge is 0.508 e. The van der Waals surface area contributed by atoms with Crippen LogP contribution in [-0.2, 0) is 13.0 Å². The zero-order valence-electron chi connectivity index (χ0n) is 11.3. The van der Waals surface area contributed by atoms with Crippen LogP contribution in [0.3, 0.4) is 0 Å². The van der Waals surface area contributed by atoms with Crippen molar-refractivity contribution in [2.75, 3.05) is 0 Å². The highest BCUT2D eigenvalue weighted by Gasteiger charge is 2.07. The van der Waals surface area contributed by atoms with Crippen molar-refractivity contribution < 1.29 is 9.84 Å². The molecule has 0 aliphatic heterocycles. The minimum atomic E-state index is 0.0763. The highest BCUT2D eigenvalue weighted by molar-refractivity contribution is 9.10. The molecule has 0 saturated carbocycles. The van der Waals surface area contributed by atoms with Crippen LogP contribution < -0.4 is 10.5 Å². The van der Waals surface area contributed by atoms with Crippen LogP contribution in [-0.4, -0.2) is 11.1 Å². The fraction of sp³-hybridized carbons (Fsp3) is 0.250. The molecular weight excluding hydrogens is 318 g/mol. The van der Waals surface area contributed by atoms with Gasteiger partial charge in [-0.05, 0) is 54.8 Å². The minimum absolute atomic E-state index is 0.0763. The van der Waals surface area contributed by atoms with Crippen LogP contribution in [0.5, 0.6) is 11.5 Å². The maximum atomic E-state index is 9.44. The van der Waals surface area contributed by atoms with Crippen molar-refractivity contribution in [3.63, 3.8) is 0 Å². The van der Waals surface area contributed by atoms with E-state index in [-0.39, 0.29) is 11.8 Å². The lowest BCUT2D eigenvalue weighted by atomic mass is 10.1. The molecule has 0 aliphatic carbocycles. The number of ether oxygens (including phenoxy) is 1. The number of phenols is 1. The minimum Gasteiger partial charge on any atom is -0.508 e. The Hall–Kier alpha value is -1.52. The molecule has 4 heteroatoms. The average molecular weight is 336 g/mol. The highest BCUT2D eigenvalue weighted by atomic mass is 79.9. The van der Waals surface area contributed by atoms with Gasteiger partial charge in [0.05, 0.1) is 0 Å². The summed E-state index contributed by atoms with van der Waals surface area (Å²) in [7, 11) is 0. The molecule has 2 aromatic rings. The van der Waals surface area contributed by atoms with Crippen molar-refractivity contribution >= 4 is 15.9 Å². The van der Waals surface area contributed by atoms with E-state index in [0.717, 1.165) is 27.8 Å². The Labute approximate surface area is 127 Å². The third kappa shape index (κ3) is 4.25. The Balaban J connectivity index is 2.12. The van der Waals surface area contributed by atoms with E-state index >= 15 is 0 Å². The van der Waals surface area contributed by atoms with Crippen molar-refractivity contribution in [3.05, 3.63) is 58.1 Å². The van der Waals surface area contributed by atoms with E-state index in [1.54, 1.807) is 18.2 Å². The van der Waals surface area contributed by atoms with Crippen LogP contribution in [0.4, 0.5) is 0 Å². The molecule has 1 unspecified atom stereocenters. The van der Waals surface area contributed by atoms with Crippen molar-refractivity contribution in [2.45, 2.75) is 26.0 Å². The third-order valence-corrected chi connectivity index (χ3v) is 3.36. The predicted molar refractivity (Wildman–Crippen MR) is 83.9 cm³/mol. The third-order valence-electron chi connectivity index (χ3n) is 2.87. The van der Waals surface area contributed by atoms with E-state index in [1.165, 1.54) is 0 Å². The van der Waals surface area contributed by atoms with Gasteiger partial charge in [-0.25, -0.2) is 0 Å². The monoisotopic (exact) mass is 335 g/mol. The number of phenolic OH excluding ortho intramolecular Hbond substituents is 1. The number of nitrogens with two attached hydrogens (primary N) is 1. The second kappa shape index (κ2) is 6.77. The van der Waals surface area contributed by atoms with Crippen LogP contribution in [0.2, 0.25) is 0 Å². The molecule has 0 aliphatic rings. The molecule has 106 valence electrons. The molecule has 0 radical (unpaired) electrons. The Morgan fingerprint density at radius 1 is 1.25 bits per heavy atom. The van der Waals surface area contributed by atoms with E-state index in [9.17, 15) is 5.11 Å². The molecule has 3 nitrogen and oxygen atoms in total. The van der Waals surface area contributed by atoms with Gasteiger partial charge in [0.2, 0.25) is 0 Å². The van der Waals surface area contributed by atoms with Crippen molar-refractivity contribution in [3.8, 4) is 11.5 Å². The van der Waals surface area contributed by atoms with Crippen LogP contribution >= 0.6 is 15.9 Å². The smallest absolute Gasteiger partial charge is 0.123 e. The molecule has 3 N–H and O–H groups in total. The number of hydrogen-bond donors (Lipinski definition) is 2. The molecule has 0 amide bonds. The predicted octanol–water partition coefficient (Wildman–Crippen LogP) is 3.62. The molecule has 20 heavy (non-hydrogen) atoms. The van der Waals surface area contributed by atoms with Gasteiger partial charge in [-0.15, -0.1) is 0 Å². The van der Waals surface area contributed by atoms with E-state index < -0.39 is 0 Å². The number of halogens is 1. The van der Waals surface area contributed by atoms with Gasteiger partial charge in [0.1, 0.15) is 18.1 Å². The maximum absolute atomic E-state index is 9.44. The zero-order valence-corrected chi connectivity index (χ0v) is 12.9. The number of rotatable bonds is 5. The second-order valence-corrected chi connectivity index (χ2v) is 5.81. The summed E-state index contributed by atoms with van der Waals surface area (Å²) in [5.74, 6) is 1.08. The lowest BCUT2D eigenvalue weighted by Gasteiger charge is -2.14. The first kappa shape index (κ1) is 14.9. The van der Waals surface area contributed by atoms with Crippen LogP contribution in [0, 0.1) is 0 Å². The first-order valence-electron chi connectivity index (χ1n) is 6.49. The van der Waals surface area contributed by atoms with Crippen LogP contribution in [0.15, 0.2) is 46.9 Å². The van der Waals surface area contributed by atoms with Crippen molar-refractivity contribution in [2.24, 2.45) is 5.73 Å². The molecule has 0 fully saturated rings. The topological polar surface area (TPSA) is 55.5 Å². The Bertz CT molecular complexity index is 584. The molecular formula is C16H18BrNO2. The molecule has 2 aromatic carbocycles. The number of hydrogen-bond acceptors (Lipinski definition) is 3. The van der Waals surface area contributed by atoms with Crippen molar-refractivity contribution in [1.82, 2.24) is 0 Å². The second-order valence-electron chi connectivity index (χ2n) is 4.89. The summed E-state index contributed by atoms with van der Waals surface area (Å²) in [5, 5.41) is 9.44. The summed E-state index contributed by atoms with van der Waals surface area (Å²) in [6.07, 6.45) is 0.759. The Morgan fingerprint density at radius 2 is 2.05 bits per heavy atom. The van der Waals surface area contributed by atoms with Gasteiger partial charge in [-0.3, -0.25) is 0 Å². The molecule has 0 saturated heterocycles. The number of benzene rings is 2. The van der Waals surface area contributed by atoms with Crippen molar-refractivity contribution in [1.29, 1.82) is 0 Å². The lowest BCUT2D eigenvalue weighted by Crippen LogP contribution is -2.18. The molecule has 0 spiro atoms. The first-order chi connectivity index (χ1) is 9.54. The lowest BCUT2D eigenvalue weighted by molar-refractivity contribution is 0.301. The SMILES string of the molecule is CC(N)Cc1cc(Br)ccc1OCc1cccc(O)c1. The number of aromatic hydroxyl groups is 1. The molecule has 0 heterocycles. The van der Waals surface area contributed by atoms with Gasteiger partial charge in [-0.2, -0.15) is 0 Å². The fourth-order valence-corrected chi connectivity index (χ4v) is 2.41. The Morgan fingerprint density at radius 3 is 2.75 bits per heavy atom. The molecule has 1 atom stereocenters. The molecule has 2 rings (SSSR count). The van der Waals surface area contributed by atoms with E-state index in [1.807, 2.05) is 31.2 Å². The summed E-state index contributed by atoms with van der Waals surface area (Å²) in [4.78, 5) is 0. The highest BCUT2D eigenvalue weighted by Crippen LogP contribution is 2.25.